The minimum absolute atomic E-state index is 0.0208. The number of benzene rings is 1. The molecule has 1 aromatic carbocycles. The van der Waals surface area contributed by atoms with Crippen molar-refractivity contribution in [2.24, 2.45) is 0 Å². The van der Waals surface area contributed by atoms with E-state index < -0.39 is 16.0 Å². The van der Waals surface area contributed by atoms with E-state index in [0.29, 0.717) is 6.42 Å². The molecule has 0 atom stereocenters. The molecule has 0 aliphatic rings. The minimum Gasteiger partial charge on any atom is -0.465 e. The molecule has 0 aliphatic heterocycles. The van der Waals surface area contributed by atoms with Crippen LogP contribution in [0.3, 0.4) is 0 Å². The lowest BCUT2D eigenvalue weighted by atomic mass is 10.4. The summed E-state index contributed by atoms with van der Waals surface area (Å²) in [6.45, 7) is 3.45. The molecule has 0 amide bonds. The number of carbonyl (C=O) groups excluding carboxylic acids is 1. The SMILES string of the molecule is CCCN(CC(=O)OCC)S(=O)(=O)c1c(Cl)cccc1Cl. The van der Waals surface area contributed by atoms with Crippen molar-refractivity contribution >= 4 is 39.2 Å². The predicted molar refractivity (Wildman–Crippen MR) is 82.1 cm³/mol. The summed E-state index contributed by atoms with van der Waals surface area (Å²) in [7, 11) is -3.97. The molecule has 8 heteroatoms. The molecule has 1 aromatic rings. The Bertz CT molecular complexity index is 584. The van der Waals surface area contributed by atoms with E-state index in [0.717, 1.165) is 4.31 Å². The van der Waals surface area contributed by atoms with Crippen LogP contribution in [0, 0.1) is 0 Å². The van der Waals surface area contributed by atoms with Gasteiger partial charge in [0.2, 0.25) is 10.0 Å². The Kier molecular flexibility index (Phi) is 6.93. The van der Waals surface area contributed by atoms with Crippen molar-refractivity contribution < 1.29 is 17.9 Å². The van der Waals surface area contributed by atoms with Gasteiger partial charge in [-0.3, -0.25) is 4.79 Å². The van der Waals surface area contributed by atoms with Gasteiger partial charge in [-0.15, -0.1) is 0 Å². The highest BCUT2D eigenvalue weighted by Gasteiger charge is 2.30. The second-order valence-corrected chi connectivity index (χ2v) is 6.88. The summed E-state index contributed by atoms with van der Waals surface area (Å²) in [4.78, 5) is 11.4. The van der Waals surface area contributed by atoms with Gasteiger partial charge in [-0.2, -0.15) is 4.31 Å². The summed E-state index contributed by atoms with van der Waals surface area (Å²) < 4.78 is 31.1. The van der Waals surface area contributed by atoms with E-state index in [9.17, 15) is 13.2 Å². The molecule has 0 saturated carbocycles. The van der Waals surface area contributed by atoms with Gasteiger partial charge in [-0.05, 0) is 25.5 Å². The minimum atomic E-state index is -3.97. The monoisotopic (exact) mass is 353 g/mol. The van der Waals surface area contributed by atoms with Gasteiger partial charge < -0.3 is 4.74 Å². The third kappa shape index (κ3) is 4.57. The second-order valence-electron chi connectivity index (χ2n) is 4.19. The summed E-state index contributed by atoms with van der Waals surface area (Å²) in [5.74, 6) is -0.613. The average molecular weight is 354 g/mol. The van der Waals surface area contributed by atoms with Crippen LogP contribution in [-0.4, -0.2) is 38.4 Å². The Balaban J connectivity index is 3.19. The van der Waals surface area contributed by atoms with Gasteiger partial charge in [0.15, 0.2) is 0 Å². The van der Waals surface area contributed by atoms with Crippen molar-refractivity contribution in [3.8, 4) is 0 Å². The quantitative estimate of drug-likeness (QED) is 0.707. The topological polar surface area (TPSA) is 63.7 Å². The molecule has 5 nitrogen and oxygen atoms in total. The van der Waals surface area contributed by atoms with Gasteiger partial charge in [0.1, 0.15) is 11.4 Å². The highest BCUT2D eigenvalue weighted by Crippen LogP contribution is 2.31. The molecule has 0 heterocycles. The number of hydrogen-bond acceptors (Lipinski definition) is 4. The maximum Gasteiger partial charge on any atom is 0.321 e. The lowest BCUT2D eigenvalue weighted by Crippen LogP contribution is -2.37. The third-order valence-corrected chi connectivity index (χ3v) is 5.40. The van der Waals surface area contributed by atoms with Gasteiger partial charge in [-0.25, -0.2) is 8.42 Å². The van der Waals surface area contributed by atoms with E-state index in [1.54, 1.807) is 13.0 Å². The third-order valence-electron chi connectivity index (χ3n) is 2.60. The molecule has 0 fully saturated rings. The molecular formula is C13H17Cl2NO4S. The van der Waals surface area contributed by atoms with E-state index in [4.69, 9.17) is 27.9 Å². The van der Waals surface area contributed by atoms with Crippen LogP contribution in [0.1, 0.15) is 20.3 Å². The number of hydrogen-bond donors (Lipinski definition) is 0. The fourth-order valence-electron chi connectivity index (χ4n) is 1.74. The Labute approximate surface area is 134 Å². The molecule has 21 heavy (non-hydrogen) atoms. The summed E-state index contributed by atoms with van der Waals surface area (Å²) in [5, 5.41) is 0.0416. The Morgan fingerprint density at radius 1 is 1.24 bits per heavy atom. The van der Waals surface area contributed by atoms with Crippen LogP contribution in [0.15, 0.2) is 23.1 Å². The molecule has 118 valence electrons. The Morgan fingerprint density at radius 2 is 1.81 bits per heavy atom. The number of rotatable bonds is 7. The molecule has 0 radical (unpaired) electrons. The van der Waals surface area contributed by atoms with Crippen molar-refractivity contribution in [1.82, 2.24) is 4.31 Å². The fraction of sp³-hybridized carbons (Fsp3) is 0.462. The van der Waals surface area contributed by atoms with Crippen LogP contribution >= 0.6 is 23.2 Å². The number of sulfonamides is 1. The molecule has 0 bridgehead atoms. The van der Waals surface area contributed by atoms with Crippen LogP contribution in [0.25, 0.3) is 0 Å². The van der Waals surface area contributed by atoms with Gasteiger partial charge in [0.05, 0.1) is 16.7 Å². The molecular weight excluding hydrogens is 337 g/mol. The number of nitrogens with zero attached hydrogens (tertiary/aromatic N) is 1. The summed E-state index contributed by atoms with van der Waals surface area (Å²) in [5.41, 5.74) is 0. The zero-order chi connectivity index (χ0) is 16.0. The van der Waals surface area contributed by atoms with Crippen molar-refractivity contribution in [3.63, 3.8) is 0 Å². The summed E-state index contributed by atoms with van der Waals surface area (Å²) >= 11 is 11.9. The van der Waals surface area contributed by atoms with Crippen molar-refractivity contribution in [2.75, 3.05) is 19.7 Å². The first-order chi connectivity index (χ1) is 9.84. The van der Waals surface area contributed by atoms with Gasteiger partial charge in [0, 0.05) is 6.54 Å². The fourth-order valence-corrected chi connectivity index (χ4v) is 4.31. The summed E-state index contributed by atoms with van der Waals surface area (Å²) in [6.07, 6.45) is 0.542. The standard InChI is InChI=1S/C13H17Cl2NO4S/c1-3-8-16(9-12(17)20-4-2)21(18,19)13-10(14)6-5-7-11(13)15/h5-7H,3-4,8-9H2,1-2H3. The van der Waals surface area contributed by atoms with Crippen LogP contribution in [0.4, 0.5) is 0 Å². The zero-order valence-corrected chi connectivity index (χ0v) is 14.1. The molecule has 0 aromatic heterocycles. The highest BCUT2D eigenvalue weighted by molar-refractivity contribution is 7.89. The average Bonchev–Trinajstić information content (AvgIpc) is 2.38. The predicted octanol–water partition coefficient (Wildman–Crippen LogP) is 2.96. The molecule has 0 spiro atoms. The van der Waals surface area contributed by atoms with Crippen LogP contribution in [0.2, 0.25) is 10.0 Å². The zero-order valence-electron chi connectivity index (χ0n) is 11.8. The Morgan fingerprint density at radius 3 is 2.29 bits per heavy atom. The summed E-state index contributed by atoms with van der Waals surface area (Å²) in [6, 6.07) is 4.43. The van der Waals surface area contributed by atoms with Crippen LogP contribution in [0.5, 0.6) is 0 Å². The van der Waals surface area contributed by atoms with E-state index in [2.05, 4.69) is 0 Å². The molecule has 0 unspecified atom stereocenters. The van der Waals surface area contributed by atoms with Crippen molar-refractivity contribution in [1.29, 1.82) is 0 Å². The number of esters is 1. The molecule has 1 rings (SSSR count). The van der Waals surface area contributed by atoms with Crippen LogP contribution in [-0.2, 0) is 19.6 Å². The van der Waals surface area contributed by atoms with Crippen LogP contribution < -0.4 is 0 Å². The van der Waals surface area contributed by atoms with Gasteiger partial charge in [-0.1, -0.05) is 36.2 Å². The van der Waals surface area contributed by atoms with Gasteiger partial charge in [0.25, 0.3) is 0 Å². The van der Waals surface area contributed by atoms with E-state index in [1.807, 2.05) is 6.92 Å². The normalized spacial score (nSPS) is 11.7. The highest BCUT2D eigenvalue weighted by atomic mass is 35.5. The number of ether oxygens (including phenoxy) is 1. The van der Waals surface area contributed by atoms with E-state index >= 15 is 0 Å². The lowest BCUT2D eigenvalue weighted by Gasteiger charge is -2.21. The number of carbonyl (C=O) groups is 1. The van der Waals surface area contributed by atoms with Crippen molar-refractivity contribution in [2.45, 2.75) is 25.2 Å². The van der Waals surface area contributed by atoms with Crippen molar-refractivity contribution in [3.05, 3.63) is 28.2 Å². The smallest absolute Gasteiger partial charge is 0.321 e. The maximum atomic E-state index is 12.7. The molecule has 0 saturated heterocycles. The van der Waals surface area contributed by atoms with Gasteiger partial charge >= 0.3 is 5.97 Å². The van der Waals surface area contributed by atoms with E-state index in [-0.39, 0.29) is 34.6 Å². The first-order valence-corrected chi connectivity index (χ1v) is 8.64. The first kappa shape index (κ1) is 18.2. The Hall–Kier alpha value is -0.820. The second kappa shape index (κ2) is 7.98. The molecule has 0 aliphatic carbocycles. The largest absolute Gasteiger partial charge is 0.465 e. The maximum absolute atomic E-state index is 12.7. The number of halogens is 2. The van der Waals surface area contributed by atoms with E-state index in [1.165, 1.54) is 12.1 Å². The lowest BCUT2D eigenvalue weighted by molar-refractivity contribution is -0.143. The molecule has 0 N–H and O–H groups in total. The first-order valence-electron chi connectivity index (χ1n) is 6.44.